The SMILES string of the molecule is O=[N+]([O-])c1c(N2CCN(Cc3ccccc3)CC2)ncnc1N1CCN(c2ccc(F)cc2)CC1. The van der Waals surface area contributed by atoms with Crippen LogP contribution in [0.25, 0.3) is 0 Å². The van der Waals surface area contributed by atoms with Crippen molar-refractivity contribution in [2.24, 2.45) is 0 Å². The van der Waals surface area contributed by atoms with Crippen molar-refractivity contribution in [3.8, 4) is 0 Å². The molecule has 0 radical (unpaired) electrons. The number of halogens is 1. The van der Waals surface area contributed by atoms with Crippen molar-refractivity contribution in [2.75, 3.05) is 67.1 Å². The number of piperazine rings is 2. The molecule has 2 aromatic carbocycles. The van der Waals surface area contributed by atoms with Gasteiger partial charge in [-0.2, -0.15) is 0 Å². The maximum atomic E-state index is 13.3. The minimum absolute atomic E-state index is 0.0285. The van der Waals surface area contributed by atoms with E-state index in [2.05, 4.69) is 31.9 Å². The van der Waals surface area contributed by atoms with Crippen LogP contribution in [0.1, 0.15) is 5.56 Å². The van der Waals surface area contributed by atoms with Crippen molar-refractivity contribution in [1.29, 1.82) is 0 Å². The van der Waals surface area contributed by atoms with E-state index in [1.165, 1.54) is 24.0 Å². The van der Waals surface area contributed by atoms with Gasteiger partial charge in [0.15, 0.2) is 0 Å². The summed E-state index contributed by atoms with van der Waals surface area (Å²) in [5, 5.41) is 12.2. The summed E-state index contributed by atoms with van der Waals surface area (Å²) in [6, 6.07) is 16.7. The fraction of sp³-hybridized carbons (Fsp3) is 0.360. The lowest BCUT2D eigenvalue weighted by molar-refractivity contribution is -0.383. The molecule has 0 N–H and O–H groups in total. The average molecular weight is 478 g/mol. The molecular weight excluding hydrogens is 449 g/mol. The van der Waals surface area contributed by atoms with Gasteiger partial charge in [-0.15, -0.1) is 0 Å². The van der Waals surface area contributed by atoms with Gasteiger partial charge in [-0.05, 0) is 29.8 Å². The molecule has 2 aliphatic rings. The molecule has 9 nitrogen and oxygen atoms in total. The van der Waals surface area contributed by atoms with Gasteiger partial charge < -0.3 is 14.7 Å². The third kappa shape index (κ3) is 5.17. The average Bonchev–Trinajstić information content (AvgIpc) is 2.90. The van der Waals surface area contributed by atoms with Crippen LogP contribution in [0.15, 0.2) is 60.9 Å². The van der Waals surface area contributed by atoms with Gasteiger partial charge in [0.1, 0.15) is 12.1 Å². The largest absolute Gasteiger partial charge is 0.368 e. The Labute approximate surface area is 203 Å². The third-order valence-corrected chi connectivity index (χ3v) is 6.66. The number of rotatable bonds is 6. The van der Waals surface area contributed by atoms with Crippen molar-refractivity contribution in [3.63, 3.8) is 0 Å². The molecule has 2 aliphatic heterocycles. The molecule has 0 unspecified atom stereocenters. The summed E-state index contributed by atoms with van der Waals surface area (Å²) >= 11 is 0. The van der Waals surface area contributed by atoms with E-state index >= 15 is 0 Å². The van der Waals surface area contributed by atoms with Crippen LogP contribution in [0.5, 0.6) is 0 Å². The van der Waals surface area contributed by atoms with E-state index in [1.807, 2.05) is 28.0 Å². The Morgan fingerprint density at radius 2 is 1.31 bits per heavy atom. The summed E-state index contributed by atoms with van der Waals surface area (Å²) in [6.45, 7) is 6.32. The molecule has 0 aliphatic carbocycles. The van der Waals surface area contributed by atoms with Crippen LogP contribution in [0.4, 0.5) is 27.4 Å². The van der Waals surface area contributed by atoms with Gasteiger partial charge in [-0.3, -0.25) is 15.0 Å². The smallest absolute Gasteiger partial charge is 0.353 e. The highest BCUT2D eigenvalue weighted by atomic mass is 19.1. The Hall–Kier alpha value is -3.79. The molecule has 182 valence electrons. The monoisotopic (exact) mass is 477 g/mol. The minimum Gasteiger partial charge on any atom is -0.368 e. The van der Waals surface area contributed by atoms with E-state index in [9.17, 15) is 14.5 Å². The van der Waals surface area contributed by atoms with Crippen LogP contribution in [0.3, 0.4) is 0 Å². The summed E-state index contributed by atoms with van der Waals surface area (Å²) in [4.78, 5) is 28.9. The quantitative estimate of drug-likeness (QED) is 0.396. The molecule has 10 heteroatoms. The highest BCUT2D eigenvalue weighted by Crippen LogP contribution is 2.35. The van der Waals surface area contributed by atoms with Gasteiger partial charge in [0.25, 0.3) is 0 Å². The number of hydrogen-bond donors (Lipinski definition) is 0. The topological polar surface area (TPSA) is 81.9 Å². The second kappa shape index (κ2) is 10.2. The van der Waals surface area contributed by atoms with Crippen LogP contribution >= 0.6 is 0 Å². The molecule has 0 bridgehead atoms. The van der Waals surface area contributed by atoms with Crippen molar-refractivity contribution in [3.05, 3.63) is 82.4 Å². The molecule has 5 rings (SSSR count). The molecule has 3 heterocycles. The lowest BCUT2D eigenvalue weighted by Gasteiger charge is -2.37. The summed E-state index contributed by atoms with van der Waals surface area (Å²) in [6.07, 6.45) is 1.43. The van der Waals surface area contributed by atoms with Gasteiger partial charge >= 0.3 is 5.69 Å². The van der Waals surface area contributed by atoms with Gasteiger partial charge in [0, 0.05) is 64.6 Å². The van der Waals surface area contributed by atoms with E-state index in [0.717, 1.165) is 25.3 Å². The summed E-state index contributed by atoms with van der Waals surface area (Å²) in [5.41, 5.74) is 2.17. The van der Waals surface area contributed by atoms with Crippen LogP contribution in [0.2, 0.25) is 0 Å². The van der Waals surface area contributed by atoms with Crippen LogP contribution < -0.4 is 14.7 Å². The summed E-state index contributed by atoms with van der Waals surface area (Å²) in [7, 11) is 0. The zero-order valence-corrected chi connectivity index (χ0v) is 19.5. The molecule has 0 amide bonds. The fourth-order valence-electron chi connectivity index (χ4n) is 4.77. The molecule has 1 aromatic heterocycles. The van der Waals surface area contributed by atoms with Crippen molar-refractivity contribution in [1.82, 2.24) is 14.9 Å². The number of benzene rings is 2. The van der Waals surface area contributed by atoms with Crippen molar-refractivity contribution >= 4 is 23.0 Å². The number of aromatic nitrogens is 2. The van der Waals surface area contributed by atoms with Gasteiger partial charge in [0.2, 0.25) is 11.6 Å². The summed E-state index contributed by atoms with van der Waals surface area (Å²) in [5.74, 6) is 0.489. The minimum atomic E-state index is -0.354. The van der Waals surface area contributed by atoms with E-state index in [4.69, 9.17) is 0 Å². The summed E-state index contributed by atoms with van der Waals surface area (Å²) < 4.78 is 13.3. The molecule has 0 spiro atoms. The number of anilines is 3. The van der Waals surface area contributed by atoms with E-state index in [-0.39, 0.29) is 16.4 Å². The first-order valence-electron chi connectivity index (χ1n) is 11.8. The fourth-order valence-corrected chi connectivity index (χ4v) is 4.77. The highest BCUT2D eigenvalue weighted by molar-refractivity contribution is 5.71. The predicted octanol–water partition coefficient (Wildman–Crippen LogP) is 3.17. The number of hydrogen-bond acceptors (Lipinski definition) is 8. The Balaban J connectivity index is 1.27. The molecule has 2 fully saturated rings. The third-order valence-electron chi connectivity index (χ3n) is 6.66. The number of nitrogens with zero attached hydrogens (tertiary/aromatic N) is 7. The van der Waals surface area contributed by atoms with Crippen LogP contribution in [-0.2, 0) is 6.54 Å². The lowest BCUT2D eigenvalue weighted by Crippen LogP contribution is -2.48. The van der Waals surface area contributed by atoms with Crippen molar-refractivity contribution in [2.45, 2.75) is 6.54 Å². The Morgan fingerprint density at radius 3 is 1.89 bits per heavy atom. The first-order valence-corrected chi connectivity index (χ1v) is 11.8. The first kappa shape index (κ1) is 23.0. The molecule has 2 saturated heterocycles. The van der Waals surface area contributed by atoms with Crippen LogP contribution in [-0.4, -0.2) is 72.1 Å². The zero-order valence-electron chi connectivity index (χ0n) is 19.5. The zero-order chi connectivity index (χ0) is 24.2. The maximum Gasteiger partial charge on any atom is 0.353 e. The lowest BCUT2D eigenvalue weighted by atomic mass is 10.2. The first-order chi connectivity index (χ1) is 17.1. The van der Waals surface area contributed by atoms with Gasteiger partial charge in [-0.1, -0.05) is 30.3 Å². The maximum absolute atomic E-state index is 13.3. The second-order valence-corrected chi connectivity index (χ2v) is 8.83. The van der Waals surface area contributed by atoms with Gasteiger partial charge in [-0.25, -0.2) is 14.4 Å². The Kier molecular flexibility index (Phi) is 6.71. The normalized spacial score (nSPS) is 17.0. The molecular formula is C25H28FN7O2. The standard InChI is InChI=1S/C25H28FN7O2/c26-21-6-8-22(9-7-21)30-14-16-32(17-15-30)25-23(33(34)35)24(27-19-28-25)31-12-10-29(11-13-31)18-20-4-2-1-3-5-20/h1-9,19H,10-18H2. The molecule has 0 atom stereocenters. The van der Waals surface area contributed by atoms with E-state index in [1.54, 1.807) is 12.1 Å². The molecule has 35 heavy (non-hydrogen) atoms. The van der Waals surface area contributed by atoms with E-state index in [0.29, 0.717) is 50.9 Å². The Bertz CT molecular complexity index is 1150. The van der Waals surface area contributed by atoms with Crippen LogP contribution in [0, 0.1) is 15.9 Å². The number of nitro groups is 1. The van der Waals surface area contributed by atoms with E-state index < -0.39 is 0 Å². The Morgan fingerprint density at radius 1 is 0.771 bits per heavy atom. The van der Waals surface area contributed by atoms with Gasteiger partial charge in [0.05, 0.1) is 4.92 Å². The molecule has 0 saturated carbocycles. The predicted molar refractivity (Wildman–Crippen MR) is 133 cm³/mol. The molecule has 3 aromatic rings. The second-order valence-electron chi connectivity index (χ2n) is 8.83. The van der Waals surface area contributed by atoms with Crippen molar-refractivity contribution < 1.29 is 9.31 Å². The highest BCUT2D eigenvalue weighted by Gasteiger charge is 2.32.